The standard InChI is InChI=1S/C20H29F3N4O/c1-14(2)26-7-9-27(10-8-26)18-11-17(12-24-19(18)20(21,22)23)25-16-5-3-15(13-28)4-6-16/h11-16,25H,3-10H2,1-2H3. The Kier molecular flexibility index (Phi) is 6.47. The highest BCUT2D eigenvalue weighted by Gasteiger charge is 2.38. The molecule has 156 valence electrons. The van der Waals surface area contributed by atoms with Gasteiger partial charge in [0.25, 0.3) is 0 Å². The number of carbonyl (C=O) groups is 1. The number of aromatic nitrogens is 1. The fourth-order valence-electron chi connectivity index (χ4n) is 4.11. The van der Waals surface area contributed by atoms with Gasteiger partial charge in [0.05, 0.1) is 17.6 Å². The highest BCUT2D eigenvalue weighted by atomic mass is 19.4. The van der Waals surface area contributed by atoms with Gasteiger partial charge < -0.3 is 15.0 Å². The van der Waals surface area contributed by atoms with Crippen molar-refractivity contribution in [3.63, 3.8) is 0 Å². The minimum absolute atomic E-state index is 0.108. The molecule has 1 aliphatic carbocycles. The number of nitrogens with zero attached hydrogens (tertiary/aromatic N) is 3. The van der Waals surface area contributed by atoms with E-state index in [9.17, 15) is 18.0 Å². The lowest BCUT2D eigenvalue weighted by molar-refractivity contribution is -0.140. The van der Waals surface area contributed by atoms with E-state index >= 15 is 0 Å². The zero-order chi connectivity index (χ0) is 20.3. The minimum Gasteiger partial charge on any atom is -0.381 e. The topological polar surface area (TPSA) is 48.5 Å². The maximum absolute atomic E-state index is 13.5. The molecule has 1 saturated carbocycles. The molecule has 8 heteroatoms. The number of hydrogen-bond donors (Lipinski definition) is 1. The quantitative estimate of drug-likeness (QED) is 0.765. The van der Waals surface area contributed by atoms with E-state index in [0.717, 1.165) is 45.1 Å². The number of pyridine rings is 1. The molecule has 1 aromatic rings. The number of halogens is 3. The molecular weight excluding hydrogens is 369 g/mol. The van der Waals surface area contributed by atoms with Crippen molar-refractivity contribution in [2.45, 2.75) is 57.8 Å². The number of rotatable bonds is 5. The molecule has 3 rings (SSSR count). The van der Waals surface area contributed by atoms with E-state index in [4.69, 9.17) is 0 Å². The number of alkyl halides is 3. The van der Waals surface area contributed by atoms with Crippen LogP contribution in [0.3, 0.4) is 0 Å². The van der Waals surface area contributed by atoms with Gasteiger partial charge in [-0.1, -0.05) is 0 Å². The molecule has 28 heavy (non-hydrogen) atoms. The van der Waals surface area contributed by atoms with Crippen LogP contribution in [0.4, 0.5) is 24.5 Å². The number of anilines is 2. The molecule has 0 atom stereocenters. The van der Waals surface area contributed by atoms with Crippen LogP contribution in [0.15, 0.2) is 12.3 Å². The van der Waals surface area contributed by atoms with Gasteiger partial charge in [-0.3, -0.25) is 4.90 Å². The van der Waals surface area contributed by atoms with Crippen LogP contribution < -0.4 is 10.2 Å². The third-order valence-electron chi connectivity index (χ3n) is 5.86. The van der Waals surface area contributed by atoms with Crippen LogP contribution >= 0.6 is 0 Å². The molecular formula is C20H29F3N4O. The molecule has 2 fully saturated rings. The van der Waals surface area contributed by atoms with Crippen LogP contribution in [0.2, 0.25) is 0 Å². The van der Waals surface area contributed by atoms with Crippen molar-refractivity contribution in [3.8, 4) is 0 Å². The van der Waals surface area contributed by atoms with Gasteiger partial charge in [-0.25, -0.2) is 4.98 Å². The lowest BCUT2D eigenvalue weighted by atomic mass is 9.87. The molecule has 0 amide bonds. The average Bonchev–Trinajstić information content (AvgIpc) is 2.68. The Morgan fingerprint density at radius 1 is 1.14 bits per heavy atom. The van der Waals surface area contributed by atoms with E-state index < -0.39 is 11.9 Å². The van der Waals surface area contributed by atoms with Crippen molar-refractivity contribution in [1.82, 2.24) is 9.88 Å². The maximum atomic E-state index is 13.5. The highest BCUT2D eigenvalue weighted by Crippen LogP contribution is 2.37. The first-order valence-electron chi connectivity index (χ1n) is 10.1. The first kappa shape index (κ1) is 20.9. The fourth-order valence-corrected chi connectivity index (χ4v) is 4.11. The molecule has 1 aromatic heterocycles. The van der Waals surface area contributed by atoms with E-state index in [1.807, 2.05) is 0 Å². The second-order valence-electron chi connectivity index (χ2n) is 8.10. The third kappa shape index (κ3) is 4.96. The van der Waals surface area contributed by atoms with Gasteiger partial charge in [0.2, 0.25) is 0 Å². The Morgan fingerprint density at radius 3 is 2.32 bits per heavy atom. The SMILES string of the molecule is CC(C)N1CCN(c2cc(NC3CCC(C=O)CC3)cnc2C(F)(F)F)CC1. The molecule has 5 nitrogen and oxygen atoms in total. The summed E-state index contributed by atoms with van der Waals surface area (Å²) in [5.74, 6) is 0.108. The molecule has 1 N–H and O–H groups in total. The molecule has 0 bridgehead atoms. The van der Waals surface area contributed by atoms with Crippen molar-refractivity contribution in [3.05, 3.63) is 18.0 Å². The lowest BCUT2D eigenvalue weighted by Crippen LogP contribution is -2.49. The number of hydrogen-bond acceptors (Lipinski definition) is 5. The first-order valence-corrected chi connectivity index (χ1v) is 10.1. The van der Waals surface area contributed by atoms with Crippen LogP contribution in [0.5, 0.6) is 0 Å². The van der Waals surface area contributed by atoms with Gasteiger partial charge in [-0.05, 0) is 45.6 Å². The summed E-state index contributed by atoms with van der Waals surface area (Å²) >= 11 is 0. The molecule has 2 heterocycles. The van der Waals surface area contributed by atoms with Crippen LogP contribution in [-0.2, 0) is 11.0 Å². The summed E-state index contributed by atoms with van der Waals surface area (Å²) in [5.41, 5.74) is -0.0490. The van der Waals surface area contributed by atoms with E-state index in [0.29, 0.717) is 24.8 Å². The molecule has 0 spiro atoms. The Morgan fingerprint density at radius 2 is 1.79 bits per heavy atom. The van der Waals surface area contributed by atoms with Crippen molar-refractivity contribution >= 4 is 17.7 Å². The third-order valence-corrected chi connectivity index (χ3v) is 5.86. The first-order chi connectivity index (χ1) is 13.3. The summed E-state index contributed by atoms with van der Waals surface area (Å²) in [7, 11) is 0. The van der Waals surface area contributed by atoms with Crippen molar-refractivity contribution in [2.75, 3.05) is 36.4 Å². The molecule has 0 aromatic carbocycles. The summed E-state index contributed by atoms with van der Waals surface area (Å²) < 4.78 is 40.6. The van der Waals surface area contributed by atoms with Gasteiger partial charge in [0, 0.05) is 44.2 Å². The van der Waals surface area contributed by atoms with Crippen LogP contribution in [0.25, 0.3) is 0 Å². The predicted molar refractivity (Wildman–Crippen MR) is 104 cm³/mol. The highest BCUT2D eigenvalue weighted by molar-refractivity contribution is 5.61. The summed E-state index contributed by atoms with van der Waals surface area (Å²) in [5, 5.41) is 3.33. The summed E-state index contributed by atoms with van der Waals surface area (Å²) in [4.78, 5) is 18.7. The van der Waals surface area contributed by atoms with E-state index in [-0.39, 0.29) is 17.6 Å². The smallest absolute Gasteiger partial charge is 0.381 e. The van der Waals surface area contributed by atoms with Gasteiger partial charge >= 0.3 is 6.18 Å². The van der Waals surface area contributed by atoms with Crippen molar-refractivity contribution in [2.24, 2.45) is 5.92 Å². The van der Waals surface area contributed by atoms with Crippen LogP contribution in [-0.4, -0.2) is 54.4 Å². The molecule has 2 aliphatic rings. The number of aldehydes is 1. The number of carbonyl (C=O) groups excluding carboxylic acids is 1. The minimum atomic E-state index is -4.48. The predicted octanol–water partition coefficient (Wildman–Crippen LogP) is 3.80. The monoisotopic (exact) mass is 398 g/mol. The van der Waals surface area contributed by atoms with Crippen LogP contribution in [0, 0.1) is 5.92 Å². The zero-order valence-electron chi connectivity index (χ0n) is 16.5. The van der Waals surface area contributed by atoms with Crippen molar-refractivity contribution in [1.29, 1.82) is 0 Å². The largest absolute Gasteiger partial charge is 0.435 e. The Bertz CT molecular complexity index is 664. The second-order valence-corrected chi connectivity index (χ2v) is 8.10. The fraction of sp³-hybridized carbons (Fsp3) is 0.700. The van der Waals surface area contributed by atoms with Gasteiger partial charge in [-0.15, -0.1) is 0 Å². The molecule has 1 saturated heterocycles. The van der Waals surface area contributed by atoms with Gasteiger partial charge in [-0.2, -0.15) is 13.2 Å². The lowest BCUT2D eigenvalue weighted by Gasteiger charge is -2.39. The van der Waals surface area contributed by atoms with E-state index in [2.05, 4.69) is 29.0 Å². The van der Waals surface area contributed by atoms with Gasteiger partial charge in [0.15, 0.2) is 5.69 Å². The average molecular weight is 398 g/mol. The zero-order valence-corrected chi connectivity index (χ0v) is 16.5. The summed E-state index contributed by atoms with van der Waals surface area (Å²) in [6.07, 6.45) is 1.12. The molecule has 1 aliphatic heterocycles. The number of nitrogens with one attached hydrogen (secondary N) is 1. The Balaban J connectivity index is 1.75. The summed E-state index contributed by atoms with van der Waals surface area (Å²) in [6, 6.07) is 2.14. The number of piperazine rings is 1. The normalized spacial score (nSPS) is 24.4. The van der Waals surface area contributed by atoms with E-state index in [1.54, 1.807) is 11.0 Å². The van der Waals surface area contributed by atoms with Gasteiger partial charge in [0.1, 0.15) is 6.29 Å². The summed E-state index contributed by atoms with van der Waals surface area (Å²) in [6.45, 7) is 6.78. The Labute approximate surface area is 164 Å². The molecule has 0 radical (unpaired) electrons. The Hall–Kier alpha value is -1.83. The maximum Gasteiger partial charge on any atom is 0.435 e. The van der Waals surface area contributed by atoms with Crippen LogP contribution in [0.1, 0.15) is 45.2 Å². The van der Waals surface area contributed by atoms with E-state index in [1.165, 1.54) is 6.20 Å². The van der Waals surface area contributed by atoms with Crippen molar-refractivity contribution < 1.29 is 18.0 Å². The second kappa shape index (κ2) is 8.68. The molecule has 0 unspecified atom stereocenters.